The fourth-order valence-electron chi connectivity index (χ4n) is 3.50. The van der Waals surface area contributed by atoms with Gasteiger partial charge in [0.15, 0.2) is 0 Å². The number of nitrogens with one attached hydrogen (secondary N) is 1. The van der Waals surface area contributed by atoms with Crippen molar-refractivity contribution in [1.82, 2.24) is 0 Å². The number of hydrogen-bond donors (Lipinski definition) is 1. The van der Waals surface area contributed by atoms with Gasteiger partial charge >= 0.3 is 5.97 Å². The molecule has 0 saturated carbocycles. The van der Waals surface area contributed by atoms with E-state index in [-0.39, 0.29) is 11.3 Å². The Balaban J connectivity index is 1.79. The molecule has 2 aromatic carbocycles. The van der Waals surface area contributed by atoms with Crippen molar-refractivity contribution in [3.05, 3.63) is 63.7 Å². The lowest BCUT2D eigenvalue weighted by molar-refractivity contribution is -0.384. The number of nitro groups is 1. The highest BCUT2D eigenvalue weighted by molar-refractivity contribution is 6.05. The smallest absolute Gasteiger partial charge is 0.337 e. The van der Waals surface area contributed by atoms with Gasteiger partial charge in [0, 0.05) is 30.4 Å². The summed E-state index contributed by atoms with van der Waals surface area (Å²) in [6.45, 7) is 3.66. The van der Waals surface area contributed by atoms with E-state index in [0.29, 0.717) is 22.9 Å². The Bertz CT molecular complexity index is 926. The van der Waals surface area contributed by atoms with E-state index in [0.717, 1.165) is 25.9 Å². The van der Waals surface area contributed by atoms with E-state index >= 15 is 0 Å². The van der Waals surface area contributed by atoms with Gasteiger partial charge in [-0.15, -0.1) is 0 Å². The van der Waals surface area contributed by atoms with Crippen LogP contribution >= 0.6 is 0 Å². The van der Waals surface area contributed by atoms with E-state index in [4.69, 9.17) is 0 Å². The number of amides is 1. The van der Waals surface area contributed by atoms with E-state index in [1.165, 1.54) is 25.3 Å². The van der Waals surface area contributed by atoms with Gasteiger partial charge in [0.2, 0.25) is 0 Å². The van der Waals surface area contributed by atoms with Gasteiger partial charge in [0.25, 0.3) is 11.6 Å². The van der Waals surface area contributed by atoms with Crippen molar-refractivity contribution in [2.75, 3.05) is 30.4 Å². The summed E-state index contributed by atoms with van der Waals surface area (Å²) < 4.78 is 4.64. The molecule has 0 unspecified atom stereocenters. The third-order valence-electron chi connectivity index (χ3n) is 5.00. The Morgan fingerprint density at radius 2 is 1.86 bits per heavy atom. The van der Waals surface area contributed by atoms with Crippen LogP contribution in [0.15, 0.2) is 42.5 Å². The summed E-state index contributed by atoms with van der Waals surface area (Å²) in [7, 11) is 1.29. The average Bonchev–Trinajstić information content (AvgIpc) is 2.73. The predicted molar refractivity (Wildman–Crippen MR) is 109 cm³/mol. The van der Waals surface area contributed by atoms with Gasteiger partial charge in [-0.2, -0.15) is 0 Å². The standard InChI is InChI=1S/C21H23N3O5/c1-14-4-3-11-23(13-14)18-10-7-16(12-19(18)24(27)28)20(25)22-17-8-5-15(6-9-17)21(26)29-2/h5-10,12,14H,3-4,11,13H2,1-2H3,(H,22,25)/t14-/m0/s1. The van der Waals surface area contributed by atoms with Crippen LogP contribution in [0.1, 0.15) is 40.5 Å². The summed E-state index contributed by atoms with van der Waals surface area (Å²) >= 11 is 0. The highest BCUT2D eigenvalue weighted by Crippen LogP contribution is 2.32. The molecule has 1 aliphatic heterocycles. The van der Waals surface area contributed by atoms with Crippen molar-refractivity contribution in [2.45, 2.75) is 19.8 Å². The van der Waals surface area contributed by atoms with Crippen molar-refractivity contribution in [3.8, 4) is 0 Å². The highest BCUT2D eigenvalue weighted by Gasteiger charge is 2.25. The molecule has 1 aliphatic rings. The molecule has 0 bridgehead atoms. The minimum Gasteiger partial charge on any atom is -0.465 e. The fraction of sp³-hybridized carbons (Fsp3) is 0.333. The molecule has 152 valence electrons. The van der Waals surface area contributed by atoms with Crippen molar-refractivity contribution in [1.29, 1.82) is 0 Å². The maximum atomic E-state index is 12.6. The molecule has 29 heavy (non-hydrogen) atoms. The quantitative estimate of drug-likeness (QED) is 0.467. The fourth-order valence-corrected chi connectivity index (χ4v) is 3.50. The molecule has 1 fully saturated rings. The number of hydrogen-bond acceptors (Lipinski definition) is 6. The Hall–Kier alpha value is -3.42. The first kappa shape index (κ1) is 20.3. The first-order chi connectivity index (χ1) is 13.9. The van der Waals surface area contributed by atoms with Gasteiger partial charge in [-0.25, -0.2) is 4.79 Å². The lowest BCUT2D eigenvalue weighted by Gasteiger charge is -2.32. The van der Waals surface area contributed by atoms with Gasteiger partial charge in [-0.1, -0.05) is 6.92 Å². The third-order valence-corrected chi connectivity index (χ3v) is 5.00. The molecule has 1 N–H and O–H groups in total. The van der Waals surface area contributed by atoms with Crippen LogP contribution in [0.2, 0.25) is 0 Å². The number of piperidine rings is 1. The summed E-state index contributed by atoms with van der Waals surface area (Å²) in [6.07, 6.45) is 2.10. The van der Waals surface area contributed by atoms with Crippen LogP contribution in [-0.4, -0.2) is 37.0 Å². The summed E-state index contributed by atoms with van der Waals surface area (Å²) in [4.78, 5) is 37.2. The highest BCUT2D eigenvalue weighted by atomic mass is 16.6. The van der Waals surface area contributed by atoms with Crippen molar-refractivity contribution < 1.29 is 19.2 Å². The molecule has 1 amide bonds. The van der Waals surface area contributed by atoms with Crippen molar-refractivity contribution >= 4 is 28.9 Å². The second kappa shape index (κ2) is 8.72. The number of carbonyl (C=O) groups is 2. The van der Waals surface area contributed by atoms with Crippen LogP contribution in [0.4, 0.5) is 17.1 Å². The maximum absolute atomic E-state index is 12.6. The minimum absolute atomic E-state index is 0.0761. The molecule has 2 aromatic rings. The van der Waals surface area contributed by atoms with Crippen LogP contribution in [0.5, 0.6) is 0 Å². The zero-order chi connectivity index (χ0) is 21.0. The Morgan fingerprint density at radius 3 is 2.48 bits per heavy atom. The second-order valence-corrected chi connectivity index (χ2v) is 7.18. The third kappa shape index (κ3) is 4.71. The Kier molecular flexibility index (Phi) is 6.11. The normalized spacial score (nSPS) is 16.2. The van der Waals surface area contributed by atoms with Crippen LogP contribution in [0.25, 0.3) is 0 Å². The average molecular weight is 397 g/mol. The van der Waals surface area contributed by atoms with Gasteiger partial charge in [0.05, 0.1) is 17.6 Å². The van der Waals surface area contributed by atoms with Gasteiger partial charge < -0.3 is 15.0 Å². The molecule has 1 heterocycles. The molecular formula is C21H23N3O5. The molecule has 3 rings (SSSR count). The van der Waals surface area contributed by atoms with Crippen LogP contribution in [-0.2, 0) is 4.74 Å². The number of benzene rings is 2. The van der Waals surface area contributed by atoms with E-state index in [9.17, 15) is 19.7 Å². The van der Waals surface area contributed by atoms with E-state index in [1.807, 2.05) is 4.90 Å². The van der Waals surface area contributed by atoms with Crippen LogP contribution in [0, 0.1) is 16.0 Å². The van der Waals surface area contributed by atoms with Crippen molar-refractivity contribution in [2.24, 2.45) is 5.92 Å². The van der Waals surface area contributed by atoms with Crippen molar-refractivity contribution in [3.63, 3.8) is 0 Å². The molecule has 0 aromatic heterocycles. The number of methoxy groups -OCH3 is 1. The lowest BCUT2D eigenvalue weighted by Crippen LogP contribution is -2.34. The predicted octanol–water partition coefficient (Wildman–Crippen LogP) is 3.87. The Morgan fingerprint density at radius 1 is 1.17 bits per heavy atom. The first-order valence-electron chi connectivity index (χ1n) is 9.42. The summed E-state index contributed by atoms with van der Waals surface area (Å²) in [5.41, 5.74) is 1.50. The molecule has 8 heteroatoms. The molecule has 1 atom stereocenters. The zero-order valence-electron chi connectivity index (χ0n) is 16.4. The monoisotopic (exact) mass is 397 g/mol. The lowest BCUT2D eigenvalue weighted by atomic mass is 9.99. The number of esters is 1. The minimum atomic E-state index is -0.471. The molecule has 0 aliphatic carbocycles. The topological polar surface area (TPSA) is 102 Å². The van der Waals surface area contributed by atoms with E-state index in [1.54, 1.807) is 24.3 Å². The van der Waals surface area contributed by atoms with Gasteiger partial charge in [-0.05, 0) is 55.2 Å². The van der Waals surface area contributed by atoms with E-state index < -0.39 is 16.8 Å². The number of nitrogens with zero attached hydrogens (tertiary/aromatic N) is 2. The SMILES string of the molecule is COC(=O)c1ccc(NC(=O)c2ccc(N3CCC[C@H](C)C3)c([N+](=O)[O-])c2)cc1. The summed E-state index contributed by atoms with van der Waals surface area (Å²) in [6, 6.07) is 10.8. The molecule has 1 saturated heterocycles. The van der Waals surface area contributed by atoms with Crippen LogP contribution < -0.4 is 10.2 Å². The summed E-state index contributed by atoms with van der Waals surface area (Å²) in [5, 5.41) is 14.3. The second-order valence-electron chi connectivity index (χ2n) is 7.18. The zero-order valence-corrected chi connectivity index (χ0v) is 16.4. The van der Waals surface area contributed by atoms with Gasteiger partial charge in [-0.3, -0.25) is 14.9 Å². The molecule has 0 spiro atoms. The molecule has 0 radical (unpaired) electrons. The largest absolute Gasteiger partial charge is 0.465 e. The number of ether oxygens (including phenoxy) is 1. The first-order valence-corrected chi connectivity index (χ1v) is 9.42. The summed E-state index contributed by atoms with van der Waals surface area (Å²) in [5.74, 6) is -0.460. The van der Waals surface area contributed by atoms with Gasteiger partial charge in [0.1, 0.15) is 5.69 Å². The number of nitro benzene ring substituents is 1. The van der Waals surface area contributed by atoms with E-state index in [2.05, 4.69) is 17.0 Å². The number of carbonyl (C=O) groups excluding carboxylic acids is 2. The molecular weight excluding hydrogens is 374 g/mol. The molecule has 8 nitrogen and oxygen atoms in total. The number of anilines is 2. The maximum Gasteiger partial charge on any atom is 0.337 e. The van der Waals surface area contributed by atoms with Crippen LogP contribution in [0.3, 0.4) is 0 Å². The number of rotatable bonds is 5. The Labute approximate surface area is 168 Å².